The zero-order valence-electron chi connectivity index (χ0n) is 66.5. The summed E-state index contributed by atoms with van der Waals surface area (Å²) in [5.41, 5.74) is 5.30. The van der Waals surface area contributed by atoms with Crippen molar-refractivity contribution in [3.05, 3.63) is 178 Å². The molecule has 0 fully saturated rings. The number of aromatic amines is 5. The Kier molecular flexibility index (Phi) is 35.7. The first-order valence-corrected chi connectivity index (χ1v) is 41.7. The molecule has 33 nitrogen and oxygen atoms in total. The number of nitro groups is 1. The van der Waals surface area contributed by atoms with E-state index >= 15 is 0 Å². The Balaban J connectivity index is 0.000000183. The van der Waals surface area contributed by atoms with Crippen LogP contribution in [0.15, 0.2) is 174 Å². The summed E-state index contributed by atoms with van der Waals surface area (Å²) in [6.07, 6.45) is -2.03. The number of amides is 1. The number of nitrogens with one attached hydrogen (secondary N) is 6. The molecule has 0 atom stereocenters. The number of phenolic OH excluding ortho intramolecular Hbond substituents is 2. The van der Waals surface area contributed by atoms with Gasteiger partial charge < -0.3 is 34.5 Å². The predicted octanol–water partition coefficient (Wildman–Crippen LogP) is 15.8. The fourth-order valence-electron chi connectivity index (χ4n) is 9.65. The molecule has 1 aliphatic heterocycles. The molecule has 7 heterocycles. The normalized spacial score (nSPS) is 11.4. The summed E-state index contributed by atoms with van der Waals surface area (Å²) in [5.74, 6) is 2.52. The monoisotopic (exact) mass is 1790 g/mol. The SMILES string of the molecule is C=C(O)CSc1n[nH]c(-c2cc(C(=O)NCC(C)C)cc([N+](=O)[O-])c2)n1.CC(=O)CSC1=NN=C(c2ccc3occc3c2)C1.CC(=O)CSc1n[nH]c(-c2cc(C)ccc2O)n1.CC(=O)CSc1n[nH]c(-c2cccc(C(F)(F)F)c2)n1.COc1cc(-c2nc(SCC(C)=O)n[nH]2)cc(F)c1O.COc1cc(F)cc(-c2nc(SCC(C)=O)n[nH]2)c1. The van der Waals surface area contributed by atoms with Crippen molar-refractivity contribution in [3.63, 3.8) is 0 Å². The molecule has 6 aromatic carbocycles. The standard InChI is InChI=1S/C16H19N5O4S.C14H12N2O2S.C12H10F3N3OS.C12H12FN3O3S.C12H12FN3O2S.C12H13N3O2S/c1-9(2)7-17-15(23)12-4-11(5-13(6-12)21(24)25)14-18-16(20-19-14)26-8-10(3)22;1-9(17)8-19-14-7-12(15-16-14)10-2-3-13-11(6-10)4-5-18-13;1-7(19)6-20-11-16-10(17-18-11)8-3-2-4-9(5-8)12(13,14)15;1-6(17)5-20-12-14-11(15-16-12)7-3-8(13)10(18)9(4-7)19-2;1-7(17)6-19-12-14-11(15-16-12)8-3-9(13)5-10(4-8)18-2;1-7-3-4-10(17)9(5-7)11-13-12(15-14-11)18-6-8(2)16/h4-6,9,22H,3,7-8H2,1-2H3,(H,17,23)(H,18,19,20);2-6H,7-8H2,1H3;2-5H,6H2,1H3,(H,16,17,18);3-4,18H,5H2,1-2H3,(H,14,15,16);3-5H,6H2,1-2H3,(H,14,15,16);3-5,17H,6H2,1-2H3,(H,13,14,15). The number of carbonyl (C=O) groups is 6. The van der Waals surface area contributed by atoms with Gasteiger partial charge in [0.25, 0.3) is 11.6 Å². The second-order valence-corrected chi connectivity index (χ2v) is 31.9. The maximum atomic E-state index is 13.5. The van der Waals surface area contributed by atoms with Gasteiger partial charge in [0.15, 0.2) is 46.4 Å². The molecule has 0 saturated carbocycles. The average molecular weight is 1790 g/mol. The van der Waals surface area contributed by atoms with Gasteiger partial charge >= 0.3 is 6.18 Å². The molecule has 0 spiro atoms. The molecule has 13 rings (SSSR count). The van der Waals surface area contributed by atoms with Gasteiger partial charge in [-0.3, -0.25) is 64.4 Å². The smallest absolute Gasteiger partial charge is 0.416 e. The number of ketones is 5. The highest BCUT2D eigenvalue weighted by Crippen LogP contribution is 2.36. The number of aromatic nitrogens is 15. The Labute approximate surface area is 717 Å². The van der Waals surface area contributed by atoms with Gasteiger partial charge in [0.05, 0.1) is 82.5 Å². The van der Waals surface area contributed by atoms with E-state index < -0.39 is 40.0 Å². The lowest BCUT2D eigenvalue weighted by Gasteiger charge is -2.08. The summed E-state index contributed by atoms with van der Waals surface area (Å²) < 4.78 is 79.9. The minimum atomic E-state index is -4.40. The molecule has 0 saturated heterocycles. The maximum absolute atomic E-state index is 13.5. The van der Waals surface area contributed by atoms with Gasteiger partial charge in [-0.2, -0.15) is 18.3 Å². The molecule has 44 heteroatoms. The van der Waals surface area contributed by atoms with Crippen LogP contribution in [-0.2, 0) is 30.1 Å². The Morgan fingerprint density at radius 2 is 1.09 bits per heavy atom. The van der Waals surface area contributed by atoms with Crippen LogP contribution < -0.4 is 14.8 Å². The van der Waals surface area contributed by atoms with Crippen molar-refractivity contribution in [3.8, 4) is 79.9 Å². The number of carbonyl (C=O) groups excluding carboxylic acids is 6. The molecule has 9 N–H and O–H groups in total. The van der Waals surface area contributed by atoms with Crippen molar-refractivity contribution in [1.29, 1.82) is 0 Å². The number of Topliss-reactive ketones (excluding diaryl/α,β-unsaturated/α-hetero) is 5. The quantitative estimate of drug-likeness (QED) is 0.00691. The van der Waals surface area contributed by atoms with Crippen molar-refractivity contribution in [1.82, 2.24) is 81.2 Å². The number of aryl methyl sites for hydroxylation is 1. The molecule has 122 heavy (non-hydrogen) atoms. The number of fused-ring (bicyclic) bond motifs is 1. The number of benzene rings is 6. The molecule has 0 bridgehead atoms. The number of non-ortho nitro benzene ring substituents is 1. The number of methoxy groups -OCH3 is 2. The van der Waals surface area contributed by atoms with Crippen LogP contribution in [0.1, 0.15) is 81.9 Å². The number of thioether (sulfide) groups is 6. The van der Waals surface area contributed by atoms with E-state index in [0.29, 0.717) is 107 Å². The second kappa shape index (κ2) is 45.9. The van der Waals surface area contributed by atoms with Gasteiger partial charge in [-0.05, 0) is 132 Å². The third-order valence-corrected chi connectivity index (χ3v) is 21.2. The van der Waals surface area contributed by atoms with Crippen LogP contribution in [0.25, 0.3) is 67.9 Å². The lowest BCUT2D eigenvalue weighted by Crippen LogP contribution is -2.27. The summed E-state index contributed by atoms with van der Waals surface area (Å²) in [4.78, 5) is 98.1. The zero-order chi connectivity index (χ0) is 88.9. The molecular formula is C78H78F5N19O14S6. The van der Waals surface area contributed by atoms with Gasteiger partial charge in [-0.25, -0.2) is 33.7 Å². The highest BCUT2D eigenvalue weighted by Gasteiger charge is 2.31. The Bertz CT molecular complexity index is 5770. The molecule has 1 aliphatic rings. The minimum Gasteiger partial charge on any atom is -0.512 e. The number of alkyl halides is 3. The summed E-state index contributed by atoms with van der Waals surface area (Å²) >= 11 is 7.44. The molecule has 0 aliphatic carbocycles. The fraction of sp³-hybridized carbons (Fsp3) is 0.256. The van der Waals surface area contributed by atoms with E-state index in [9.17, 15) is 71.0 Å². The number of aliphatic hydroxyl groups excluding tert-OH is 1. The fourth-order valence-corrected chi connectivity index (χ4v) is 13.3. The number of aliphatic hydroxyl groups is 1. The van der Waals surface area contributed by atoms with Crippen LogP contribution >= 0.6 is 70.6 Å². The number of H-pyrrole nitrogens is 5. The van der Waals surface area contributed by atoms with Crippen LogP contribution in [0.4, 0.5) is 27.6 Å². The van der Waals surface area contributed by atoms with E-state index in [0.717, 1.165) is 74.6 Å². The Hall–Kier alpha value is -12.4. The lowest BCUT2D eigenvalue weighted by atomic mass is 10.1. The van der Waals surface area contributed by atoms with Gasteiger partial charge in [0, 0.05) is 64.4 Å². The number of aromatic hydroxyl groups is 2. The second-order valence-electron chi connectivity index (χ2n) is 26.1. The first-order valence-electron chi connectivity index (χ1n) is 35.8. The molecule has 6 aromatic heterocycles. The summed E-state index contributed by atoms with van der Waals surface area (Å²) in [6.45, 7) is 17.2. The van der Waals surface area contributed by atoms with Crippen molar-refractivity contribution >= 4 is 133 Å². The van der Waals surface area contributed by atoms with Crippen molar-refractivity contribution in [2.45, 2.75) is 93.8 Å². The third-order valence-electron chi connectivity index (χ3n) is 15.2. The van der Waals surface area contributed by atoms with Gasteiger partial charge in [-0.1, -0.05) is 103 Å². The molecule has 0 radical (unpaired) electrons. The van der Waals surface area contributed by atoms with Crippen LogP contribution in [0.2, 0.25) is 0 Å². The van der Waals surface area contributed by atoms with Gasteiger partial charge in [0.1, 0.15) is 56.9 Å². The third kappa shape index (κ3) is 30.4. The van der Waals surface area contributed by atoms with E-state index in [-0.39, 0.29) is 92.3 Å². The van der Waals surface area contributed by atoms with E-state index in [4.69, 9.17) is 19.0 Å². The van der Waals surface area contributed by atoms with E-state index in [2.05, 4.69) is 98.0 Å². The highest BCUT2D eigenvalue weighted by atomic mass is 32.2. The summed E-state index contributed by atoms with van der Waals surface area (Å²) in [6, 6.07) is 28.9. The highest BCUT2D eigenvalue weighted by molar-refractivity contribution is 8.14. The zero-order valence-corrected chi connectivity index (χ0v) is 71.4. The molecule has 1 amide bonds. The first-order chi connectivity index (χ1) is 58.0. The van der Waals surface area contributed by atoms with E-state index in [1.165, 1.54) is 137 Å². The average Bonchev–Trinajstić information content (AvgIpc) is 1.07. The number of nitrogens with zero attached hydrogens (tertiary/aromatic N) is 13. The van der Waals surface area contributed by atoms with E-state index in [1.54, 1.807) is 25.3 Å². The minimum absolute atomic E-state index is 0.00865. The largest absolute Gasteiger partial charge is 0.512 e. The summed E-state index contributed by atoms with van der Waals surface area (Å²) in [7, 11) is 2.79. The number of ether oxygens (including phenoxy) is 2. The molecule has 0 unspecified atom stereocenters. The van der Waals surface area contributed by atoms with Crippen molar-refractivity contribution in [2.75, 3.05) is 55.3 Å². The number of furan rings is 1. The van der Waals surface area contributed by atoms with Crippen LogP contribution in [0.3, 0.4) is 0 Å². The first kappa shape index (κ1) is 95.1. The number of phenols is 2. The number of nitro benzene ring substituents is 1. The maximum Gasteiger partial charge on any atom is 0.416 e. The van der Waals surface area contributed by atoms with Crippen LogP contribution in [0, 0.1) is 34.6 Å². The van der Waals surface area contributed by atoms with E-state index in [1.807, 2.05) is 57.2 Å². The number of halogens is 5. The Morgan fingerprint density at radius 3 is 1.60 bits per heavy atom. The topological polar surface area (TPSA) is 482 Å². The summed E-state index contributed by atoms with van der Waals surface area (Å²) in [5, 5.41) is 87.6. The predicted molar refractivity (Wildman–Crippen MR) is 455 cm³/mol. The number of hydrogen-bond acceptors (Lipinski definition) is 32. The number of rotatable bonds is 29. The van der Waals surface area contributed by atoms with Crippen LogP contribution in [-0.4, -0.2) is 197 Å². The Morgan fingerprint density at radius 1 is 0.582 bits per heavy atom. The molecular weight excluding hydrogens is 1710 g/mol. The van der Waals surface area contributed by atoms with Crippen molar-refractivity contribution in [2.24, 2.45) is 16.1 Å². The van der Waals surface area contributed by atoms with Crippen LogP contribution in [0.5, 0.6) is 23.0 Å². The number of hydrogen-bond donors (Lipinski definition) is 9. The van der Waals surface area contributed by atoms with Gasteiger partial charge in [-0.15, -0.1) is 42.4 Å². The lowest BCUT2D eigenvalue weighted by molar-refractivity contribution is -0.384. The molecule has 640 valence electrons. The van der Waals surface area contributed by atoms with Gasteiger partial charge in [0.2, 0.25) is 25.8 Å². The van der Waals surface area contributed by atoms with Crippen molar-refractivity contribution < 1.29 is 84.9 Å². The molecule has 12 aromatic rings.